The zero-order valence-electron chi connectivity index (χ0n) is 24.5. The third-order valence-corrected chi connectivity index (χ3v) is 6.97. The lowest BCUT2D eigenvalue weighted by Crippen LogP contribution is -2.21. The number of nitrogens with one attached hydrogen (secondary N) is 1. The van der Waals surface area contributed by atoms with E-state index in [9.17, 15) is 13.6 Å². The van der Waals surface area contributed by atoms with Crippen molar-refractivity contribution in [3.63, 3.8) is 0 Å². The van der Waals surface area contributed by atoms with Gasteiger partial charge in [0, 0.05) is 12.6 Å². The fourth-order valence-corrected chi connectivity index (χ4v) is 5.06. The molecule has 0 amide bonds. The van der Waals surface area contributed by atoms with E-state index in [2.05, 4.69) is 16.9 Å². The first kappa shape index (κ1) is 30.1. The minimum atomic E-state index is -0.892. The van der Waals surface area contributed by atoms with Gasteiger partial charge in [0.1, 0.15) is 51.8 Å². The molecule has 11 heteroatoms. The summed E-state index contributed by atoms with van der Waals surface area (Å²) in [6, 6.07) is 12.9. The minimum Gasteiger partial charge on any atom is -0.488 e. The molecule has 5 aromatic rings. The van der Waals surface area contributed by atoms with Gasteiger partial charge in [-0.25, -0.2) is 17.9 Å². The van der Waals surface area contributed by atoms with E-state index >= 15 is 4.39 Å². The van der Waals surface area contributed by atoms with E-state index in [-0.39, 0.29) is 51.2 Å². The Morgan fingerprint density at radius 3 is 2.48 bits per heavy atom. The number of anilines is 1. The maximum atomic E-state index is 15.1. The Bertz CT molecular complexity index is 1980. The number of halogens is 3. The molecule has 0 aliphatic rings. The van der Waals surface area contributed by atoms with E-state index in [4.69, 9.17) is 20.0 Å². The molecule has 1 atom stereocenters. The second kappa shape index (κ2) is 12.1. The van der Waals surface area contributed by atoms with Crippen molar-refractivity contribution < 1.29 is 22.3 Å². The van der Waals surface area contributed by atoms with Gasteiger partial charge in [0.25, 0.3) is 0 Å². The van der Waals surface area contributed by atoms with Gasteiger partial charge in [0.15, 0.2) is 11.6 Å². The second-order valence-corrected chi connectivity index (χ2v) is 10.3. The lowest BCUT2D eigenvalue weighted by molar-refractivity contribution is 0.231. The summed E-state index contributed by atoms with van der Waals surface area (Å²) in [7, 11) is 1.54. The maximum absolute atomic E-state index is 15.1. The van der Waals surface area contributed by atoms with Crippen molar-refractivity contribution >= 4 is 22.6 Å². The lowest BCUT2D eigenvalue weighted by Gasteiger charge is -2.18. The van der Waals surface area contributed by atoms with Crippen molar-refractivity contribution in [2.24, 2.45) is 4.99 Å². The molecule has 8 nitrogen and oxygen atoms in total. The van der Waals surface area contributed by atoms with E-state index in [1.54, 1.807) is 26.8 Å². The number of benzene rings is 3. The molecule has 3 aromatic carbocycles. The monoisotopic (exact) mass is 601 g/mol. The number of ether oxygens (including phenoxy) is 1. The van der Waals surface area contributed by atoms with Crippen molar-refractivity contribution in [3.8, 4) is 28.1 Å². The Kier molecular flexibility index (Phi) is 8.30. The van der Waals surface area contributed by atoms with Crippen LogP contribution in [0.3, 0.4) is 0 Å². The van der Waals surface area contributed by atoms with Gasteiger partial charge < -0.3 is 20.2 Å². The predicted octanol–water partition coefficient (Wildman–Crippen LogP) is 6.83. The van der Waals surface area contributed by atoms with Crippen molar-refractivity contribution in [2.75, 3.05) is 12.8 Å². The summed E-state index contributed by atoms with van der Waals surface area (Å²) in [5, 5.41) is 7.40. The van der Waals surface area contributed by atoms with Gasteiger partial charge in [0.05, 0.1) is 17.2 Å². The number of rotatable bonds is 8. The van der Waals surface area contributed by atoms with Crippen LogP contribution in [0, 0.1) is 17.5 Å². The average molecular weight is 602 g/mol. The van der Waals surface area contributed by atoms with Crippen LogP contribution in [0.15, 0.2) is 87.6 Å². The standard InChI is InChI=1S/C33H30F3N5O3/c1-6-39-33(38-5)28-29(20-13-14-24(23(36)16-20)43-17(2)3)40-41(32(28)37)18(4)31-26(19-9-7-10-21(34)15-19)30(42)27-22(35)11-8-12-25(27)44-31/h6-18H,1,37H2,2-5H3,(H,38,39)/t18-/m0/s1. The van der Waals surface area contributed by atoms with Crippen LogP contribution in [0.25, 0.3) is 33.4 Å². The molecule has 3 N–H and O–H groups in total. The topological polar surface area (TPSA) is 108 Å². The zero-order chi connectivity index (χ0) is 31.7. The molecule has 226 valence electrons. The van der Waals surface area contributed by atoms with Crippen LogP contribution in [0.5, 0.6) is 5.75 Å². The predicted molar refractivity (Wildman–Crippen MR) is 165 cm³/mol. The molecule has 5 rings (SSSR count). The van der Waals surface area contributed by atoms with Crippen LogP contribution in [-0.2, 0) is 0 Å². The van der Waals surface area contributed by atoms with E-state index in [1.165, 1.54) is 60.4 Å². The van der Waals surface area contributed by atoms with Crippen LogP contribution in [0.1, 0.15) is 38.1 Å². The number of aliphatic imine (C=N–C) groups is 1. The molecule has 2 aromatic heterocycles. The first-order valence-corrected chi connectivity index (χ1v) is 13.8. The first-order chi connectivity index (χ1) is 21.0. The highest BCUT2D eigenvalue weighted by Gasteiger charge is 2.29. The highest BCUT2D eigenvalue weighted by Crippen LogP contribution is 2.37. The highest BCUT2D eigenvalue weighted by molar-refractivity contribution is 6.08. The smallest absolute Gasteiger partial charge is 0.203 e. The molecule has 0 spiro atoms. The molecule has 0 radical (unpaired) electrons. The van der Waals surface area contributed by atoms with Gasteiger partial charge in [-0.2, -0.15) is 5.10 Å². The van der Waals surface area contributed by atoms with Gasteiger partial charge in [-0.1, -0.05) is 24.8 Å². The summed E-state index contributed by atoms with van der Waals surface area (Å²) < 4.78 is 57.5. The van der Waals surface area contributed by atoms with Gasteiger partial charge in [-0.15, -0.1) is 0 Å². The lowest BCUT2D eigenvalue weighted by atomic mass is 9.99. The summed E-state index contributed by atoms with van der Waals surface area (Å²) in [4.78, 5) is 18.1. The summed E-state index contributed by atoms with van der Waals surface area (Å²) in [5.41, 5.74) is 7.10. The normalized spacial score (nSPS) is 12.5. The molecule has 0 fully saturated rings. The van der Waals surface area contributed by atoms with Gasteiger partial charge in [-0.3, -0.25) is 9.79 Å². The Morgan fingerprint density at radius 2 is 1.82 bits per heavy atom. The molecule has 0 saturated heterocycles. The molecule has 0 unspecified atom stereocenters. The number of hydrogen-bond donors (Lipinski definition) is 2. The number of amidine groups is 1. The van der Waals surface area contributed by atoms with E-state index in [0.29, 0.717) is 17.0 Å². The van der Waals surface area contributed by atoms with Crippen LogP contribution in [0.4, 0.5) is 19.0 Å². The van der Waals surface area contributed by atoms with Crippen molar-refractivity contribution in [1.82, 2.24) is 15.1 Å². The summed E-state index contributed by atoms with van der Waals surface area (Å²) in [6.07, 6.45) is 1.17. The third kappa shape index (κ3) is 5.44. The van der Waals surface area contributed by atoms with Crippen LogP contribution in [-0.4, -0.2) is 28.8 Å². The Morgan fingerprint density at radius 1 is 1.07 bits per heavy atom. The molecule has 44 heavy (non-hydrogen) atoms. The fourth-order valence-electron chi connectivity index (χ4n) is 5.06. The summed E-state index contributed by atoms with van der Waals surface area (Å²) in [6.45, 7) is 8.95. The van der Waals surface area contributed by atoms with Crippen molar-refractivity contribution in [3.05, 3.63) is 112 Å². The number of aromatic nitrogens is 2. The minimum absolute atomic E-state index is 0.00452. The number of nitrogen functional groups attached to an aromatic ring is 1. The maximum Gasteiger partial charge on any atom is 0.203 e. The van der Waals surface area contributed by atoms with Crippen molar-refractivity contribution in [2.45, 2.75) is 32.9 Å². The zero-order valence-corrected chi connectivity index (χ0v) is 24.5. The number of nitrogens with two attached hydrogens (primary N) is 1. The average Bonchev–Trinajstić information content (AvgIpc) is 3.32. The van der Waals surface area contributed by atoms with Crippen LogP contribution >= 0.6 is 0 Å². The molecular formula is C33H30F3N5O3. The molecular weight excluding hydrogens is 571 g/mol. The first-order valence-electron chi connectivity index (χ1n) is 13.8. The molecule has 2 heterocycles. The van der Waals surface area contributed by atoms with Crippen LogP contribution < -0.4 is 21.2 Å². The molecule has 0 aliphatic carbocycles. The van der Waals surface area contributed by atoms with Gasteiger partial charge in [0.2, 0.25) is 5.43 Å². The quantitative estimate of drug-likeness (QED) is 0.149. The number of hydrogen-bond acceptors (Lipinski definition) is 6. The van der Waals surface area contributed by atoms with E-state index < -0.39 is 28.9 Å². The summed E-state index contributed by atoms with van der Waals surface area (Å²) in [5.74, 6) is -1.45. The van der Waals surface area contributed by atoms with Gasteiger partial charge >= 0.3 is 0 Å². The highest BCUT2D eigenvalue weighted by atomic mass is 19.1. The SMILES string of the molecule is C=CNC(=NC)c1c(-c2ccc(OC(C)C)c(F)c2)nn([C@@H](C)c2oc3cccc(F)c3c(=O)c2-c2cccc(F)c2)c1N. The largest absolute Gasteiger partial charge is 0.488 e. The molecule has 0 bridgehead atoms. The number of fused-ring (bicyclic) bond motifs is 1. The fraction of sp³-hybridized carbons (Fsp3) is 0.182. The van der Waals surface area contributed by atoms with Crippen molar-refractivity contribution in [1.29, 1.82) is 0 Å². The van der Waals surface area contributed by atoms with Crippen LogP contribution in [0.2, 0.25) is 0 Å². The van der Waals surface area contributed by atoms with E-state index in [0.717, 1.165) is 12.1 Å². The Hall–Kier alpha value is -5.32. The molecule has 0 saturated carbocycles. The Balaban J connectivity index is 1.77. The number of nitrogens with zero attached hydrogens (tertiary/aromatic N) is 3. The van der Waals surface area contributed by atoms with E-state index in [1.807, 2.05) is 0 Å². The van der Waals surface area contributed by atoms with Gasteiger partial charge in [-0.05, 0) is 75.0 Å². The summed E-state index contributed by atoms with van der Waals surface area (Å²) >= 11 is 0. The molecule has 0 aliphatic heterocycles. The third-order valence-electron chi connectivity index (χ3n) is 6.97. The Labute approximate surface area is 251 Å². The second-order valence-electron chi connectivity index (χ2n) is 10.3.